The second-order valence-electron chi connectivity index (χ2n) is 6.31. The van der Waals surface area contributed by atoms with Crippen LogP contribution in [0.15, 0.2) is 88.8 Å². The summed E-state index contributed by atoms with van der Waals surface area (Å²) < 4.78 is 6.32. The maximum absolute atomic E-state index is 4.37. The smallest absolute Gasteiger partial charge is 0.0681 e. The van der Waals surface area contributed by atoms with Gasteiger partial charge in [0.05, 0.1) is 18.3 Å². The van der Waals surface area contributed by atoms with Crippen LogP contribution in [0.1, 0.15) is 5.56 Å². The molecule has 0 unspecified atom stereocenters. The zero-order valence-electron chi connectivity index (χ0n) is 14.1. The molecule has 0 aliphatic carbocycles. The third kappa shape index (κ3) is 2.72. The predicted octanol–water partition coefficient (Wildman–Crippen LogP) is 5.94. The summed E-state index contributed by atoms with van der Waals surface area (Å²) in [5.41, 5.74) is 5.10. The predicted molar refractivity (Wildman–Crippen MR) is 120 cm³/mol. The molecule has 126 valence electrons. The summed E-state index contributed by atoms with van der Waals surface area (Å²) in [4.78, 5) is 4.37. The number of pyridine rings is 1. The first-order valence-corrected chi connectivity index (χ1v) is 11.0. The average molecular weight is 448 g/mol. The van der Waals surface area contributed by atoms with Gasteiger partial charge in [-0.3, -0.25) is 4.98 Å². The van der Waals surface area contributed by atoms with E-state index < -0.39 is 0 Å². The highest BCUT2D eigenvalue weighted by Crippen LogP contribution is 2.33. The van der Waals surface area contributed by atoms with E-state index in [-0.39, 0.29) is 20.7 Å². The molecule has 0 atom stereocenters. The van der Waals surface area contributed by atoms with Crippen LogP contribution in [0, 0.1) is 0 Å². The number of halogens is 1. The van der Waals surface area contributed by atoms with Crippen molar-refractivity contribution < 1.29 is 0 Å². The Bertz CT molecular complexity index is 1140. The lowest BCUT2D eigenvalue weighted by Gasteiger charge is -2.12. The molecule has 1 aliphatic heterocycles. The molecule has 0 radical (unpaired) electrons. The number of nitrogens with zero attached hydrogens (tertiary/aromatic N) is 2. The Hall–Kier alpha value is -2.53. The lowest BCUT2D eigenvalue weighted by molar-refractivity contribution is 0.891. The number of hydrogen-bond acceptors (Lipinski definition) is 1. The van der Waals surface area contributed by atoms with E-state index >= 15 is 0 Å². The maximum atomic E-state index is 4.37. The van der Waals surface area contributed by atoms with Crippen LogP contribution in [-0.2, 0) is 6.54 Å². The number of benzene rings is 2. The van der Waals surface area contributed by atoms with E-state index in [1.807, 2.05) is 12.4 Å². The Morgan fingerprint density at radius 1 is 0.846 bits per heavy atom. The van der Waals surface area contributed by atoms with Gasteiger partial charge in [0.2, 0.25) is 0 Å². The van der Waals surface area contributed by atoms with Gasteiger partial charge in [-0.25, -0.2) is 0 Å². The number of rotatable bonds is 3. The van der Waals surface area contributed by atoms with Gasteiger partial charge >= 0.3 is 0 Å². The molecule has 0 saturated carbocycles. The summed E-state index contributed by atoms with van der Waals surface area (Å²) in [5.74, 6) is 0. The van der Waals surface area contributed by atoms with E-state index in [2.05, 4.69) is 86.4 Å². The monoisotopic (exact) mass is 448 g/mol. The van der Waals surface area contributed by atoms with Crippen LogP contribution in [0.25, 0.3) is 27.4 Å². The van der Waals surface area contributed by atoms with Crippen LogP contribution in [-0.4, -0.2) is 13.6 Å². The Balaban J connectivity index is 1.61. The largest absolute Gasteiger partial charge is 0.334 e. The summed E-state index contributed by atoms with van der Waals surface area (Å²) in [6, 6.07) is 21.4. The van der Waals surface area contributed by atoms with Crippen molar-refractivity contribution in [2.24, 2.45) is 0 Å². The third-order valence-corrected chi connectivity index (χ3v) is 6.92. The van der Waals surface area contributed by atoms with Crippen molar-refractivity contribution in [1.82, 2.24) is 9.55 Å². The highest BCUT2D eigenvalue weighted by molar-refractivity contribution is 14.2. The van der Waals surface area contributed by atoms with Gasteiger partial charge in [-0.15, -0.1) is 0 Å². The Morgan fingerprint density at radius 2 is 1.65 bits per heavy atom. The lowest BCUT2D eigenvalue weighted by atomic mass is 10.1. The van der Waals surface area contributed by atoms with Crippen molar-refractivity contribution in [1.29, 1.82) is 0 Å². The molecule has 26 heavy (non-hydrogen) atoms. The zero-order valence-corrected chi connectivity index (χ0v) is 16.3. The van der Waals surface area contributed by atoms with E-state index in [9.17, 15) is 0 Å². The number of aromatic nitrogens is 2. The fraction of sp³-hybridized carbons (Fsp3) is 0.0435. The van der Waals surface area contributed by atoms with Crippen LogP contribution in [0.4, 0.5) is 0 Å². The molecule has 5 rings (SSSR count). The molecule has 4 aromatic rings. The van der Waals surface area contributed by atoms with E-state index in [0.29, 0.717) is 0 Å². The van der Waals surface area contributed by atoms with Crippen molar-refractivity contribution in [3.05, 3.63) is 94.4 Å². The van der Waals surface area contributed by atoms with Crippen molar-refractivity contribution in [3.63, 3.8) is 0 Å². The van der Waals surface area contributed by atoms with Gasteiger partial charge < -0.3 is 4.57 Å². The molecule has 2 aromatic carbocycles. The fourth-order valence-electron chi connectivity index (χ4n) is 3.54. The molecule has 0 spiro atoms. The zero-order chi connectivity index (χ0) is 17.3. The van der Waals surface area contributed by atoms with Gasteiger partial charge in [0, 0.05) is 26.1 Å². The van der Waals surface area contributed by atoms with Gasteiger partial charge in [0.1, 0.15) is 0 Å². The van der Waals surface area contributed by atoms with E-state index in [1.54, 1.807) is 0 Å². The normalized spacial score (nSPS) is 14.2. The van der Waals surface area contributed by atoms with E-state index in [0.717, 1.165) is 6.54 Å². The first-order valence-electron chi connectivity index (χ1n) is 8.64. The number of hydrogen-bond donors (Lipinski definition) is 0. The van der Waals surface area contributed by atoms with Crippen LogP contribution in [0.5, 0.6) is 0 Å². The second-order valence-corrected chi connectivity index (χ2v) is 9.04. The highest BCUT2D eigenvalue weighted by Gasteiger charge is 2.12. The highest BCUT2D eigenvalue weighted by atomic mass is 127. The van der Waals surface area contributed by atoms with Crippen molar-refractivity contribution >= 4 is 52.1 Å². The summed E-state index contributed by atoms with van der Waals surface area (Å²) in [7, 11) is 0. The van der Waals surface area contributed by atoms with Crippen LogP contribution >= 0.6 is 20.7 Å². The van der Waals surface area contributed by atoms with Gasteiger partial charge in [-0.05, 0) is 39.4 Å². The molecule has 2 aromatic heterocycles. The van der Waals surface area contributed by atoms with Crippen molar-refractivity contribution in [3.8, 4) is 0 Å². The van der Waals surface area contributed by atoms with E-state index in [4.69, 9.17) is 0 Å². The average Bonchev–Trinajstić information content (AvgIpc) is 3.03. The third-order valence-electron chi connectivity index (χ3n) is 4.75. The summed E-state index contributed by atoms with van der Waals surface area (Å²) in [6.45, 7) is 0.934. The standard InChI is InChI=1S/C23H17IN2/c1-2-6-17(7-3-1)18-10-12-24-19(14-18)16-26-22-9-5-4-8-20(22)21-11-13-25-15-23(21)26/h1-15H,16H2. The quantitative estimate of drug-likeness (QED) is 0.355. The number of allylic oxidation sites excluding steroid dienone is 4. The molecule has 0 N–H and O–H groups in total. The molecule has 1 aliphatic rings. The SMILES string of the molecule is C1=IC(Cn2c3ccccc3c3ccncc32)=CC(c2ccccc2)=C1. The molecule has 2 nitrogen and oxygen atoms in total. The first kappa shape index (κ1) is 15.7. The lowest BCUT2D eigenvalue weighted by Crippen LogP contribution is -1.99. The molecular weight excluding hydrogens is 431 g/mol. The van der Waals surface area contributed by atoms with Crippen LogP contribution in [0.3, 0.4) is 0 Å². The minimum Gasteiger partial charge on any atom is -0.334 e. The van der Waals surface area contributed by atoms with Gasteiger partial charge in [0.25, 0.3) is 0 Å². The minimum absolute atomic E-state index is 0.0716. The molecule has 3 heteroatoms. The minimum atomic E-state index is -0.0716. The van der Waals surface area contributed by atoms with Gasteiger partial charge in [0.15, 0.2) is 0 Å². The molecule has 0 saturated heterocycles. The van der Waals surface area contributed by atoms with Crippen molar-refractivity contribution in [2.45, 2.75) is 6.54 Å². The van der Waals surface area contributed by atoms with Crippen LogP contribution < -0.4 is 0 Å². The Morgan fingerprint density at radius 3 is 2.58 bits per heavy atom. The topological polar surface area (TPSA) is 17.8 Å². The summed E-state index contributed by atoms with van der Waals surface area (Å²) in [5, 5.41) is 2.59. The van der Waals surface area contributed by atoms with Crippen LogP contribution in [0.2, 0.25) is 0 Å². The first-order chi connectivity index (χ1) is 12.9. The molecule has 0 bridgehead atoms. The molecule has 0 amide bonds. The fourth-order valence-corrected chi connectivity index (χ4v) is 5.62. The summed E-state index contributed by atoms with van der Waals surface area (Å²) in [6.07, 6.45) is 8.55. The second kappa shape index (κ2) is 6.65. The Labute approximate surface area is 162 Å². The molecule has 0 fully saturated rings. The number of fused-ring (bicyclic) bond motifs is 3. The maximum Gasteiger partial charge on any atom is 0.0681 e. The Kier molecular flexibility index (Phi) is 4.02. The molecule has 3 heterocycles. The van der Waals surface area contributed by atoms with Gasteiger partial charge in [-0.1, -0.05) is 69.3 Å². The summed E-state index contributed by atoms with van der Waals surface area (Å²) >= 11 is -0.0716. The number of para-hydroxylation sites is 1. The van der Waals surface area contributed by atoms with Gasteiger partial charge in [-0.2, -0.15) is 0 Å². The molecular formula is C23H17IN2. The van der Waals surface area contributed by atoms with Crippen molar-refractivity contribution in [2.75, 3.05) is 0 Å². The van der Waals surface area contributed by atoms with E-state index in [1.165, 1.54) is 36.5 Å².